The Balaban J connectivity index is 2.10. The van der Waals surface area contributed by atoms with Gasteiger partial charge in [0.2, 0.25) is 0 Å². The molecule has 0 saturated carbocycles. The fraction of sp³-hybridized carbons (Fsp3) is 0.353. The first-order valence-electron chi connectivity index (χ1n) is 8.23. The molecule has 0 aliphatic heterocycles. The van der Waals surface area contributed by atoms with Crippen molar-refractivity contribution in [3.63, 3.8) is 0 Å². The number of carbonyl (C=O) groups is 1. The number of hydrogen-bond donors (Lipinski definition) is 0. The molecule has 0 aliphatic rings. The molecule has 0 radical (unpaired) electrons. The molecule has 0 bridgehead atoms. The van der Waals surface area contributed by atoms with Crippen LogP contribution in [-0.4, -0.2) is 46.9 Å². The second-order valence-electron chi connectivity index (χ2n) is 5.95. The van der Waals surface area contributed by atoms with E-state index in [4.69, 9.17) is 8.92 Å². The standard InChI is InChI=1S/C17H20N4O5S/c1-4-20-11-18-8-13(20)9-21-15-7-12(17(22)25-2)5-6-14(15)19-16(21)10-26-27(3,23)24/h5-8,11H,4,9-10H2,1-3H3. The molecule has 1 aromatic carbocycles. The topological polar surface area (TPSA) is 105 Å². The molecule has 0 spiro atoms. The molecule has 0 amide bonds. The number of methoxy groups -OCH3 is 1. The summed E-state index contributed by atoms with van der Waals surface area (Å²) in [5, 5.41) is 0. The van der Waals surface area contributed by atoms with Crippen molar-refractivity contribution in [1.82, 2.24) is 19.1 Å². The maximum Gasteiger partial charge on any atom is 0.337 e. The van der Waals surface area contributed by atoms with Crippen molar-refractivity contribution < 1.29 is 22.1 Å². The SMILES string of the molecule is CCn1cncc1Cn1c(COS(C)(=O)=O)nc2ccc(C(=O)OC)cc21. The second-order valence-corrected chi connectivity index (χ2v) is 7.59. The first kappa shape index (κ1) is 19.1. The summed E-state index contributed by atoms with van der Waals surface area (Å²) in [7, 11) is -2.31. The van der Waals surface area contributed by atoms with Crippen LogP contribution in [-0.2, 0) is 38.7 Å². The minimum atomic E-state index is -3.62. The summed E-state index contributed by atoms with van der Waals surface area (Å²) in [5.41, 5.74) is 2.60. The maximum absolute atomic E-state index is 11.9. The smallest absolute Gasteiger partial charge is 0.337 e. The summed E-state index contributed by atoms with van der Waals surface area (Å²) in [4.78, 5) is 20.5. The zero-order valence-electron chi connectivity index (χ0n) is 15.2. The van der Waals surface area contributed by atoms with Crippen molar-refractivity contribution in [3.8, 4) is 0 Å². The monoisotopic (exact) mass is 392 g/mol. The van der Waals surface area contributed by atoms with Crippen LogP contribution in [0, 0.1) is 0 Å². The lowest BCUT2D eigenvalue weighted by Gasteiger charge is -2.11. The van der Waals surface area contributed by atoms with E-state index in [0.29, 0.717) is 29.0 Å². The Morgan fingerprint density at radius 1 is 1.30 bits per heavy atom. The second kappa shape index (κ2) is 7.49. The van der Waals surface area contributed by atoms with Gasteiger partial charge in [-0.3, -0.25) is 4.18 Å². The molecule has 0 saturated heterocycles. The largest absolute Gasteiger partial charge is 0.465 e. The van der Waals surface area contributed by atoms with Crippen molar-refractivity contribution in [2.45, 2.75) is 26.6 Å². The molecule has 0 unspecified atom stereocenters. The molecule has 2 heterocycles. The lowest BCUT2D eigenvalue weighted by molar-refractivity contribution is 0.0601. The van der Waals surface area contributed by atoms with Gasteiger partial charge >= 0.3 is 5.97 Å². The third-order valence-electron chi connectivity index (χ3n) is 4.11. The van der Waals surface area contributed by atoms with Crippen molar-refractivity contribution in [2.75, 3.05) is 13.4 Å². The van der Waals surface area contributed by atoms with Gasteiger partial charge in [-0.05, 0) is 25.1 Å². The Kier molecular flexibility index (Phi) is 5.29. The van der Waals surface area contributed by atoms with Crippen molar-refractivity contribution in [2.24, 2.45) is 0 Å². The molecule has 10 heteroatoms. The summed E-state index contributed by atoms with van der Waals surface area (Å²) >= 11 is 0. The highest BCUT2D eigenvalue weighted by Gasteiger charge is 2.17. The van der Waals surface area contributed by atoms with Gasteiger partial charge in [0.15, 0.2) is 0 Å². The average molecular weight is 392 g/mol. The quantitative estimate of drug-likeness (QED) is 0.444. The molecular formula is C17H20N4O5S. The van der Waals surface area contributed by atoms with E-state index >= 15 is 0 Å². The number of esters is 1. The summed E-state index contributed by atoms with van der Waals surface area (Å²) in [5.74, 6) is -0.0292. The lowest BCUT2D eigenvalue weighted by Crippen LogP contribution is -2.12. The highest BCUT2D eigenvalue weighted by Crippen LogP contribution is 2.21. The van der Waals surface area contributed by atoms with Gasteiger partial charge < -0.3 is 13.9 Å². The molecule has 0 N–H and O–H groups in total. The van der Waals surface area contributed by atoms with Crippen molar-refractivity contribution in [3.05, 3.63) is 47.8 Å². The van der Waals surface area contributed by atoms with Crippen LogP contribution in [0.5, 0.6) is 0 Å². The third-order valence-corrected chi connectivity index (χ3v) is 4.66. The molecule has 2 aromatic heterocycles. The van der Waals surface area contributed by atoms with E-state index in [1.807, 2.05) is 16.1 Å². The molecular weight excluding hydrogens is 372 g/mol. The predicted octanol–water partition coefficient (Wildman–Crippen LogP) is 1.56. The zero-order chi connectivity index (χ0) is 19.6. The van der Waals surface area contributed by atoms with E-state index in [1.165, 1.54) is 7.11 Å². The van der Waals surface area contributed by atoms with Crippen LogP contribution in [0.4, 0.5) is 0 Å². The number of aryl methyl sites for hydroxylation is 1. The Hall–Kier alpha value is -2.72. The normalized spacial score (nSPS) is 11.8. The average Bonchev–Trinajstić information content (AvgIpc) is 3.23. The van der Waals surface area contributed by atoms with E-state index in [1.54, 1.807) is 30.7 Å². The number of ether oxygens (including phenoxy) is 1. The third kappa shape index (κ3) is 4.17. The van der Waals surface area contributed by atoms with Gasteiger partial charge in [0.25, 0.3) is 10.1 Å². The molecule has 9 nitrogen and oxygen atoms in total. The minimum Gasteiger partial charge on any atom is -0.465 e. The summed E-state index contributed by atoms with van der Waals surface area (Å²) in [6.45, 7) is 2.93. The van der Waals surface area contributed by atoms with Gasteiger partial charge in [-0.1, -0.05) is 0 Å². The van der Waals surface area contributed by atoms with Crippen LogP contribution in [0.15, 0.2) is 30.7 Å². The molecule has 144 valence electrons. The van der Waals surface area contributed by atoms with Gasteiger partial charge in [0.1, 0.15) is 12.4 Å². The van der Waals surface area contributed by atoms with Gasteiger partial charge in [0, 0.05) is 12.7 Å². The zero-order valence-corrected chi connectivity index (χ0v) is 16.1. The minimum absolute atomic E-state index is 0.207. The number of nitrogens with zero attached hydrogens (tertiary/aromatic N) is 4. The number of benzene rings is 1. The highest BCUT2D eigenvalue weighted by atomic mass is 32.2. The number of rotatable bonds is 7. The Morgan fingerprint density at radius 3 is 2.74 bits per heavy atom. The molecule has 3 aromatic rings. The number of carbonyl (C=O) groups excluding carboxylic acids is 1. The lowest BCUT2D eigenvalue weighted by atomic mass is 10.2. The van der Waals surface area contributed by atoms with E-state index < -0.39 is 16.1 Å². The van der Waals surface area contributed by atoms with E-state index in [2.05, 4.69) is 9.97 Å². The number of hydrogen-bond acceptors (Lipinski definition) is 7. The Bertz CT molecular complexity index is 1080. The van der Waals surface area contributed by atoms with Crippen LogP contribution >= 0.6 is 0 Å². The predicted molar refractivity (Wildman–Crippen MR) is 97.7 cm³/mol. The summed E-state index contributed by atoms with van der Waals surface area (Å²) < 4.78 is 36.3. The molecule has 0 aliphatic carbocycles. The van der Waals surface area contributed by atoms with E-state index in [-0.39, 0.29) is 6.61 Å². The van der Waals surface area contributed by atoms with Crippen molar-refractivity contribution >= 4 is 27.1 Å². The fourth-order valence-corrected chi connectivity index (χ4v) is 3.11. The first-order valence-corrected chi connectivity index (χ1v) is 10.0. The van der Waals surface area contributed by atoms with Gasteiger partial charge in [-0.2, -0.15) is 8.42 Å². The van der Waals surface area contributed by atoms with Crippen LogP contribution in [0.3, 0.4) is 0 Å². The Morgan fingerprint density at radius 2 is 2.07 bits per heavy atom. The molecule has 27 heavy (non-hydrogen) atoms. The van der Waals surface area contributed by atoms with Gasteiger partial charge in [-0.15, -0.1) is 0 Å². The number of aromatic nitrogens is 4. The van der Waals surface area contributed by atoms with Crippen molar-refractivity contribution in [1.29, 1.82) is 0 Å². The number of fused-ring (bicyclic) bond motifs is 1. The first-order chi connectivity index (χ1) is 12.8. The maximum atomic E-state index is 11.9. The van der Waals surface area contributed by atoms with Gasteiger partial charge in [-0.25, -0.2) is 14.8 Å². The fourth-order valence-electron chi connectivity index (χ4n) is 2.79. The highest BCUT2D eigenvalue weighted by molar-refractivity contribution is 7.85. The van der Waals surface area contributed by atoms with Gasteiger partial charge in [0.05, 0.1) is 48.5 Å². The summed E-state index contributed by atoms with van der Waals surface area (Å²) in [6, 6.07) is 4.98. The molecule has 0 fully saturated rings. The van der Waals surface area contributed by atoms with Crippen LogP contribution in [0.1, 0.15) is 28.8 Å². The van der Waals surface area contributed by atoms with Crippen LogP contribution in [0.25, 0.3) is 11.0 Å². The van der Waals surface area contributed by atoms with Crippen LogP contribution in [0.2, 0.25) is 0 Å². The van der Waals surface area contributed by atoms with E-state index in [0.717, 1.165) is 18.5 Å². The molecule has 0 atom stereocenters. The summed E-state index contributed by atoms with van der Waals surface area (Å²) in [6.07, 6.45) is 4.45. The Labute approximate surface area is 156 Å². The molecule has 3 rings (SSSR count). The van der Waals surface area contributed by atoms with Crippen LogP contribution < -0.4 is 0 Å². The van der Waals surface area contributed by atoms with E-state index in [9.17, 15) is 13.2 Å². The number of imidazole rings is 2.